The van der Waals surface area contributed by atoms with Gasteiger partial charge in [-0.1, -0.05) is 84.4 Å². The summed E-state index contributed by atoms with van der Waals surface area (Å²) in [5.41, 5.74) is 2.37. The van der Waals surface area contributed by atoms with Crippen molar-refractivity contribution in [3.63, 3.8) is 0 Å². The topological polar surface area (TPSA) is 236 Å². The monoisotopic (exact) mass is 836 g/mol. The minimum absolute atomic E-state index is 0.0320. The fraction of sp³-hybridized carbons (Fsp3) is 0.250. The summed E-state index contributed by atoms with van der Waals surface area (Å²) in [6, 6.07) is 22.0. The van der Waals surface area contributed by atoms with Crippen molar-refractivity contribution in [1.29, 1.82) is 0 Å². The summed E-state index contributed by atoms with van der Waals surface area (Å²) < 4.78 is 0. The lowest BCUT2D eigenvalue weighted by molar-refractivity contribution is -0.142. The molecule has 4 aromatic carbocycles. The molecule has 0 saturated heterocycles. The number of aromatic hydroxyl groups is 1. The van der Waals surface area contributed by atoms with Crippen LogP contribution in [0, 0.1) is 0 Å². The van der Waals surface area contributed by atoms with Crippen LogP contribution in [-0.2, 0) is 54.5 Å². The maximum Gasteiger partial charge on any atom is 0.326 e. The van der Waals surface area contributed by atoms with Crippen LogP contribution in [-0.4, -0.2) is 92.6 Å². The summed E-state index contributed by atoms with van der Waals surface area (Å²) in [7, 11) is 0. The maximum absolute atomic E-state index is 14.3. The van der Waals surface area contributed by atoms with Crippen LogP contribution in [0.15, 0.2) is 116 Å². The van der Waals surface area contributed by atoms with Gasteiger partial charge < -0.3 is 41.9 Å². The number of aliphatic hydroxyl groups is 1. The van der Waals surface area contributed by atoms with Gasteiger partial charge in [-0.3, -0.25) is 29.0 Å². The van der Waals surface area contributed by atoms with Crippen LogP contribution < -0.4 is 26.6 Å². The van der Waals surface area contributed by atoms with E-state index in [2.05, 4.69) is 31.6 Å². The van der Waals surface area contributed by atoms with E-state index in [-0.39, 0.29) is 31.4 Å². The highest BCUT2D eigenvalue weighted by atomic mass is 35.5. The fourth-order valence-corrected chi connectivity index (χ4v) is 6.56. The minimum atomic E-state index is -1.63. The van der Waals surface area contributed by atoms with Gasteiger partial charge in [0.05, 0.1) is 6.61 Å². The molecule has 0 aliphatic carbocycles. The molecule has 0 radical (unpaired) electrons. The van der Waals surface area contributed by atoms with Gasteiger partial charge >= 0.3 is 5.97 Å². The second-order valence-electron chi connectivity index (χ2n) is 14.2. The van der Waals surface area contributed by atoms with E-state index in [9.17, 15) is 44.1 Å². The number of carboxylic acids is 1. The summed E-state index contributed by atoms with van der Waals surface area (Å²) >= 11 is 6.12. The number of hydrogen-bond donors (Lipinski definition) is 8. The number of carbonyl (C=O) groups is 6. The number of amides is 5. The van der Waals surface area contributed by atoms with E-state index in [0.29, 0.717) is 21.7 Å². The Morgan fingerprint density at radius 3 is 1.62 bits per heavy atom. The van der Waals surface area contributed by atoms with Gasteiger partial charge in [-0.25, -0.2) is 4.79 Å². The molecule has 15 nitrogen and oxygen atoms in total. The van der Waals surface area contributed by atoms with Crippen molar-refractivity contribution in [3.8, 4) is 5.75 Å². The average Bonchev–Trinajstić information content (AvgIpc) is 3.23. The Balaban J connectivity index is 1.37. The van der Waals surface area contributed by atoms with Gasteiger partial charge in [0.1, 0.15) is 36.0 Å². The highest BCUT2D eigenvalue weighted by Crippen LogP contribution is 2.18. The van der Waals surface area contributed by atoms with Crippen LogP contribution in [0.4, 0.5) is 0 Å². The lowest BCUT2D eigenvalue weighted by Gasteiger charge is -2.27. The molecular weight excluding hydrogens is 792 g/mol. The van der Waals surface area contributed by atoms with Crippen LogP contribution in [0.3, 0.4) is 0 Å². The molecule has 8 N–H and O–H groups in total. The maximum atomic E-state index is 14.3. The standard InChI is InChI=1S/C44H45ClN6O9/c1-26(53)47-35(22-29-8-13-31-6-2-3-7-32(31)19-29)40(55)48-36(20-27-9-14-33(45)15-10-27)41(56)49-37(23-30-5-4-18-46-24-30)42(57)51-39(25-52)43(58)50-38(44(59)60)21-28-11-16-34(54)17-12-28/h2-19,24,35-39,52,54H,20-23,25H2,1H3,(H,47,53)(H,48,55)(H,49,56)(H,50,58)(H,51,57)(H,59,60)/t35-,36-,37-,38+,39+/m1/s1. The zero-order valence-electron chi connectivity index (χ0n) is 32.5. The summed E-state index contributed by atoms with van der Waals surface area (Å²) in [5.74, 6) is -5.26. The number of hydrogen-bond acceptors (Lipinski definition) is 9. The normalized spacial score (nSPS) is 13.4. The third kappa shape index (κ3) is 13.1. The first kappa shape index (κ1) is 44.3. The number of rotatable bonds is 19. The number of aliphatic carboxylic acids is 1. The lowest BCUT2D eigenvalue weighted by Crippen LogP contribution is -2.60. The van der Waals surface area contributed by atoms with Crippen molar-refractivity contribution in [2.75, 3.05) is 6.61 Å². The molecule has 1 heterocycles. The molecule has 60 heavy (non-hydrogen) atoms. The second-order valence-corrected chi connectivity index (χ2v) is 14.6. The molecule has 0 unspecified atom stereocenters. The molecule has 0 bridgehead atoms. The fourth-order valence-electron chi connectivity index (χ4n) is 6.44. The number of pyridine rings is 1. The van der Waals surface area contributed by atoms with Gasteiger partial charge in [-0.05, 0) is 63.4 Å². The molecule has 0 aliphatic rings. The molecule has 5 rings (SSSR count). The number of halogens is 1. The molecule has 5 atom stereocenters. The first-order chi connectivity index (χ1) is 28.8. The van der Waals surface area contributed by atoms with Crippen LogP contribution in [0.1, 0.15) is 29.2 Å². The molecule has 0 saturated carbocycles. The van der Waals surface area contributed by atoms with E-state index >= 15 is 0 Å². The molecule has 0 spiro atoms. The number of phenols is 1. The molecular formula is C44H45ClN6O9. The Morgan fingerprint density at radius 2 is 1.05 bits per heavy atom. The molecule has 5 amide bonds. The molecule has 0 aliphatic heterocycles. The van der Waals surface area contributed by atoms with E-state index in [1.807, 2.05) is 42.5 Å². The number of aliphatic hydroxyl groups excluding tert-OH is 1. The Kier molecular flexibility index (Phi) is 15.7. The molecule has 312 valence electrons. The summed E-state index contributed by atoms with van der Waals surface area (Å²) in [4.78, 5) is 84.0. The third-order valence-electron chi connectivity index (χ3n) is 9.54. The number of aromatic nitrogens is 1. The van der Waals surface area contributed by atoms with Gasteiger partial charge in [-0.15, -0.1) is 0 Å². The summed E-state index contributed by atoms with van der Waals surface area (Å²) in [6.45, 7) is 0.353. The molecule has 5 aromatic rings. The SMILES string of the molecule is CC(=O)N[C@H](Cc1ccc2ccccc2c1)C(=O)N[C@H](Cc1ccc(Cl)cc1)C(=O)N[C@H](Cc1cccnc1)C(=O)N[C@@H](CO)C(=O)N[C@@H](Cc1ccc(O)cc1)C(=O)O. The smallest absolute Gasteiger partial charge is 0.326 e. The number of fused-ring (bicyclic) bond motifs is 1. The van der Waals surface area contributed by atoms with Gasteiger partial charge in [-0.2, -0.15) is 0 Å². The van der Waals surface area contributed by atoms with E-state index < -0.39 is 72.3 Å². The summed E-state index contributed by atoms with van der Waals surface area (Å²) in [6.07, 6.45) is 2.72. The minimum Gasteiger partial charge on any atom is -0.508 e. The van der Waals surface area contributed by atoms with E-state index in [1.54, 1.807) is 36.4 Å². The van der Waals surface area contributed by atoms with E-state index in [1.165, 1.54) is 43.6 Å². The van der Waals surface area contributed by atoms with Crippen LogP contribution in [0.2, 0.25) is 5.02 Å². The lowest BCUT2D eigenvalue weighted by atomic mass is 9.99. The van der Waals surface area contributed by atoms with E-state index in [4.69, 9.17) is 11.6 Å². The first-order valence-electron chi connectivity index (χ1n) is 19.0. The number of phenolic OH excluding ortho intramolecular Hbond substituents is 1. The average molecular weight is 837 g/mol. The van der Waals surface area contributed by atoms with Crippen molar-refractivity contribution >= 4 is 57.9 Å². The number of nitrogens with one attached hydrogen (secondary N) is 5. The van der Waals surface area contributed by atoms with Gasteiger partial charge in [0.25, 0.3) is 0 Å². The Bertz CT molecular complexity index is 2290. The van der Waals surface area contributed by atoms with E-state index in [0.717, 1.165) is 16.3 Å². The molecule has 0 fully saturated rings. The predicted molar refractivity (Wildman–Crippen MR) is 223 cm³/mol. The number of nitrogens with zero attached hydrogens (tertiary/aromatic N) is 1. The highest BCUT2D eigenvalue weighted by Gasteiger charge is 2.33. The van der Waals surface area contributed by atoms with Crippen molar-refractivity contribution in [2.45, 2.75) is 62.8 Å². The van der Waals surface area contributed by atoms with Gasteiger partial charge in [0.2, 0.25) is 29.5 Å². The van der Waals surface area contributed by atoms with Crippen LogP contribution >= 0.6 is 11.6 Å². The predicted octanol–water partition coefficient (Wildman–Crippen LogP) is 2.39. The number of carbonyl (C=O) groups excluding carboxylic acids is 5. The van der Waals surface area contributed by atoms with Crippen molar-refractivity contribution < 1.29 is 44.1 Å². The third-order valence-corrected chi connectivity index (χ3v) is 9.79. The Labute approximate surface area is 350 Å². The van der Waals surface area contributed by atoms with Gasteiger partial charge in [0.15, 0.2) is 0 Å². The second kappa shape index (κ2) is 21.2. The largest absolute Gasteiger partial charge is 0.508 e. The highest BCUT2D eigenvalue weighted by molar-refractivity contribution is 6.30. The quantitative estimate of drug-likeness (QED) is 0.0605. The zero-order chi connectivity index (χ0) is 43.2. The molecule has 1 aromatic heterocycles. The zero-order valence-corrected chi connectivity index (χ0v) is 33.3. The van der Waals surface area contributed by atoms with Gasteiger partial charge in [0, 0.05) is 50.0 Å². The number of carboxylic acid groups (broad SMARTS) is 1. The van der Waals surface area contributed by atoms with Crippen molar-refractivity contribution in [1.82, 2.24) is 31.6 Å². The Hall–Kier alpha value is -6.84. The molecule has 16 heteroatoms. The van der Waals surface area contributed by atoms with Crippen LogP contribution in [0.5, 0.6) is 5.75 Å². The Morgan fingerprint density at radius 1 is 0.567 bits per heavy atom. The summed E-state index contributed by atoms with van der Waals surface area (Å²) in [5, 5.41) is 44.8. The van der Waals surface area contributed by atoms with Crippen LogP contribution in [0.25, 0.3) is 10.8 Å². The van der Waals surface area contributed by atoms with Crippen molar-refractivity contribution in [2.24, 2.45) is 0 Å². The van der Waals surface area contributed by atoms with Crippen molar-refractivity contribution in [3.05, 3.63) is 143 Å². The number of benzene rings is 4. The first-order valence-corrected chi connectivity index (χ1v) is 19.4.